The molecule has 226 valence electrons. The van der Waals surface area contributed by atoms with Gasteiger partial charge in [-0.15, -0.1) is 0 Å². The van der Waals surface area contributed by atoms with E-state index in [9.17, 15) is 14.7 Å². The van der Waals surface area contributed by atoms with Crippen LogP contribution >= 0.6 is 0 Å². The minimum Gasteiger partial charge on any atom is -0.493 e. The fraction of sp³-hybridized carbons (Fsp3) is 0.531. The molecule has 1 saturated carbocycles. The number of methoxy groups -OCH3 is 2. The molecule has 4 rings (SSSR count). The largest absolute Gasteiger partial charge is 0.493 e. The summed E-state index contributed by atoms with van der Waals surface area (Å²) in [5, 5.41) is 13.1. The zero-order valence-electron chi connectivity index (χ0n) is 25.2. The first-order valence-corrected chi connectivity index (χ1v) is 14.6. The number of rotatable bonds is 7. The maximum absolute atomic E-state index is 13.7. The summed E-state index contributed by atoms with van der Waals surface area (Å²) in [6.07, 6.45) is 6.63. The zero-order valence-corrected chi connectivity index (χ0v) is 25.2. The molecule has 1 aliphatic carbocycles. The first kappa shape index (κ1) is 31.0. The summed E-state index contributed by atoms with van der Waals surface area (Å²) in [7, 11) is 4.89. The van der Waals surface area contributed by atoms with Gasteiger partial charge in [0.15, 0.2) is 11.5 Å². The molecule has 1 aliphatic heterocycles. The zero-order chi connectivity index (χ0) is 30.2. The van der Waals surface area contributed by atoms with Crippen LogP contribution in [0.2, 0.25) is 0 Å². The second-order valence-electron chi connectivity index (χ2n) is 11.2. The summed E-state index contributed by atoms with van der Waals surface area (Å²) in [4.78, 5) is 34.5. The Hall–Kier alpha value is -3.97. The van der Waals surface area contributed by atoms with Gasteiger partial charge in [0.1, 0.15) is 11.7 Å². The van der Waals surface area contributed by atoms with E-state index in [1.165, 1.54) is 6.42 Å². The smallest absolute Gasteiger partial charge is 0.317 e. The van der Waals surface area contributed by atoms with Crippen molar-refractivity contribution < 1.29 is 28.9 Å². The molecular weight excluding hydrogens is 536 g/mol. The summed E-state index contributed by atoms with van der Waals surface area (Å²) in [6, 6.07) is 6.69. The summed E-state index contributed by atoms with van der Waals surface area (Å²) in [5.74, 6) is 7.09. The van der Waals surface area contributed by atoms with E-state index in [1.807, 2.05) is 13.0 Å². The van der Waals surface area contributed by atoms with Crippen molar-refractivity contribution in [2.75, 3.05) is 41.0 Å². The average Bonchev–Trinajstić information content (AvgIpc) is 3.01. The number of nitrogens with one attached hydrogen (secondary N) is 1. The number of likely N-dealkylation sites (N-methyl/N-ethyl adjacent to an activating group) is 1. The van der Waals surface area contributed by atoms with Crippen LogP contribution in [0, 0.1) is 17.8 Å². The quantitative estimate of drug-likeness (QED) is 0.482. The number of ether oxygens (including phenoxy) is 3. The minimum absolute atomic E-state index is 0.132. The molecule has 0 spiro atoms. The molecule has 2 aromatic rings. The van der Waals surface area contributed by atoms with E-state index in [2.05, 4.69) is 22.1 Å². The Morgan fingerprint density at radius 2 is 1.88 bits per heavy atom. The lowest BCUT2D eigenvalue weighted by Gasteiger charge is -2.38. The maximum atomic E-state index is 13.7. The number of pyridine rings is 1. The van der Waals surface area contributed by atoms with Crippen molar-refractivity contribution in [2.24, 2.45) is 5.92 Å². The Labute approximate surface area is 248 Å². The molecule has 3 amide bonds. The predicted molar refractivity (Wildman–Crippen MR) is 159 cm³/mol. The molecule has 0 saturated heterocycles. The van der Waals surface area contributed by atoms with Gasteiger partial charge in [0, 0.05) is 42.9 Å². The number of hydrogen-bond donors (Lipinski definition) is 2. The van der Waals surface area contributed by atoms with Gasteiger partial charge in [0.05, 0.1) is 33.4 Å². The van der Waals surface area contributed by atoms with Gasteiger partial charge in [0.25, 0.3) is 5.91 Å². The third-order valence-corrected chi connectivity index (χ3v) is 7.99. The lowest BCUT2D eigenvalue weighted by atomic mass is 9.96. The monoisotopic (exact) mass is 578 g/mol. The molecule has 0 bridgehead atoms. The number of urea groups is 1. The molecule has 3 atom stereocenters. The molecule has 2 heterocycles. The Morgan fingerprint density at radius 3 is 2.57 bits per heavy atom. The van der Waals surface area contributed by atoms with Crippen molar-refractivity contribution >= 4 is 11.9 Å². The van der Waals surface area contributed by atoms with Crippen molar-refractivity contribution in [1.29, 1.82) is 0 Å². The van der Waals surface area contributed by atoms with Gasteiger partial charge in [0.2, 0.25) is 5.88 Å². The topological polar surface area (TPSA) is 113 Å². The highest BCUT2D eigenvalue weighted by Gasteiger charge is 2.35. The van der Waals surface area contributed by atoms with Crippen LogP contribution in [0.3, 0.4) is 0 Å². The predicted octanol–water partition coefficient (Wildman–Crippen LogP) is 3.69. The molecule has 42 heavy (non-hydrogen) atoms. The number of carbonyl (C=O) groups is 2. The molecule has 0 radical (unpaired) electrons. The van der Waals surface area contributed by atoms with Crippen molar-refractivity contribution in [3.8, 4) is 29.2 Å². The van der Waals surface area contributed by atoms with Crippen LogP contribution in [-0.2, 0) is 0 Å². The molecule has 2 aliphatic rings. The highest BCUT2D eigenvalue weighted by molar-refractivity contribution is 5.97. The van der Waals surface area contributed by atoms with Gasteiger partial charge in [-0.25, -0.2) is 9.78 Å². The van der Waals surface area contributed by atoms with Gasteiger partial charge >= 0.3 is 6.03 Å². The summed E-state index contributed by atoms with van der Waals surface area (Å²) < 4.78 is 17.0. The third kappa shape index (κ3) is 7.45. The van der Waals surface area contributed by atoms with E-state index in [4.69, 9.17) is 14.2 Å². The highest BCUT2D eigenvalue weighted by Crippen LogP contribution is 2.29. The van der Waals surface area contributed by atoms with E-state index in [-0.39, 0.29) is 41.9 Å². The first-order valence-electron chi connectivity index (χ1n) is 14.6. The standard InChI is InChI=1S/C32H42N4O6/c1-21-18-36(22(2)20-37)31(38)26-15-24(12-11-23-13-14-27(40-4)28(16-23)41-5)17-33-30(26)42-29(21)19-35(3)32(39)34-25-9-7-6-8-10-25/h13-17,21-22,25,29,37H,6-10,18-20H2,1-5H3,(H,34,39)/t21-,22+,29-/m0/s1. The van der Waals surface area contributed by atoms with Crippen LogP contribution < -0.4 is 19.5 Å². The van der Waals surface area contributed by atoms with Crippen molar-refractivity contribution in [3.05, 3.63) is 47.2 Å². The van der Waals surface area contributed by atoms with Crippen LogP contribution in [-0.4, -0.2) is 91.0 Å². The molecule has 1 fully saturated rings. The van der Waals surface area contributed by atoms with E-state index < -0.39 is 12.1 Å². The van der Waals surface area contributed by atoms with Crippen molar-refractivity contribution in [2.45, 2.75) is 64.1 Å². The number of aliphatic hydroxyl groups excluding tert-OH is 1. The number of benzene rings is 1. The molecule has 10 nitrogen and oxygen atoms in total. The van der Waals surface area contributed by atoms with E-state index in [1.54, 1.807) is 62.4 Å². The van der Waals surface area contributed by atoms with E-state index in [0.29, 0.717) is 35.7 Å². The lowest BCUT2D eigenvalue weighted by molar-refractivity contribution is 0.0351. The second-order valence-corrected chi connectivity index (χ2v) is 11.2. The number of aliphatic hydroxyl groups is 1. The van der Waals surface area contributed by atoms with Crippen LogP contribution in [0.1, 0.15) is 67.4 Å². The Kier molecular flexibility index (Phi) is 10.5. The van der Waals surface area contributed by atoms with E-state index in [0.717, 1.165) is 25.7 Å². The second kappa shape index (κ2) is 14.3. The lowest BCUT2D eigenvalue weighted by Crippen LogP contribution is -2.52. The molecule has 1 aromatic heterocycles. The highest BCUT2D eigenvalue weighted by atomic mass is 16.5. The summed E-state index contributed by atoms with van der Waals surface area (Å²) in [5.41, 5.74) is 1.51. The summed E-state index contributed by atoms with van der Waals surface area (Å²) >= 11 is 0. The number of nitrogens with zero attached hydrogens (tertiary/aromatic N) is 3. The number of fused-ring (bicyclic) bond motifs is 1. The first-order chi connectivity index (χ1) is 20.2. The molecule has 2 N–H and O–H groups in total. The van der Waals surface area contributed by atoms with Gasteiger partial charge < -0.3 is 34.4 Å². The number of carbonyl (C=O) groups excluding carboxylic acids is 2. The van der Waals surface area contributed by atoms with Crippen LogP contribution in [0.15, 0.2) is 30.5 Å². The van der Waals surface area contributed by atoms with Gasteiger partial charge in [-0.1, -0.05) is 38.0 Å². The van der Waals surface area contributed by atoms with Crippen LogP contribution in [0.4, 0.5) is 4.79 Å². The van der Waals surface area contributed by atoms with Crippen LogP contribution in [0.5, 0.6) is 17.4 Å². The van der Waals surface area contributed by atoms with Gasteiger partial charge in [-0.2, -0.15) is 0 Å². The minimum atomic E-state index is -0.427. The molecule has 0 unspecified atom stereocenters. The van der Waals surface area contributed by atoms with Crippen molar-refractivity contribution in [1.82, 2.24) is 20.1 Å². The average molecular weight is 579 g/mol. The molecular formula is C32H42N4O6. The Balaban J connectivity index is 1.59. The third-order valence-electron chi connectivity index (χ3n) is 7.99. The SMILES string of the molecule is COc1ccc(C#Cc2cnc3c(c2)C(=O)N([C@H](C)CO)C[C@H](C)[C@H](CN(C)C(=O)NC2CCCCC2)O3)cc1OC. The van der Waals surface area contributed by atoms with Crippen molar-refractivity contribution in [3.63, 3.8) is 0 Å². The Bertz CT molecular complexity index is 1320. The molecule has 1 aromatic carbocycles. The normalized spacial score (nSPS) is 19.7. The fourth-order valence-corrected chi connectivity index (χ4v) is 5.33. The van der Waals surface area contributed by atoms with Gasteiger partial charge in [-0.3, -0.25) is 4.79 Å². The summed E-state index contributed by atoms with van der Waals surface area (Å²) in [6.45, 7) is 4.27. The number of hydrogen-bond acceptors (Lipinski definition) is 7. The number of amides is 3. The van der Waals surface area contributed by atoms with Crippen LogP contribution in [0.25, 0.3) is 0 Å². The van der Waals surface area contributed by atoms with E-state index >= 15 is 0 Å². The molecule has 10 heteroatoms. The fourth-order valence-electron chi connectivity index (χ4n) is 5.33. The Morgan fingerprint density at radius 1 is 1.17 bits per heavy atom. The maximum Gasteiger partial charge on any atom is 0.317 e. The number of aromatic nitrogens is 1. The van der Waals surface area contributed by atoms with Gasteiger partial charge in [-0.05, 0) is 44.0 Å².